The minimum atomic E-state index is -0.782. The molecule has 2 amide bonds. The van der Waals surface area contributed by atoms with Crippen molar-refractivity contribution in [2.24, 2.45) is 5.41 Å². The van der Waals surface area contributed by atoms with Crippen molar-refractivity contribution in [1.29, 1.82) is 0 Å². The van der Waals surface area contributed by atoms with Gasteiger partial charge in [0.15, 0.2) is 0 Å². The molecule has 1 N–H and O–H groups in total. The molecule has 1 aliphatic heterocycles. The molecule has 4 rings (SSSR count). The van der Waals surface area contributed by atoms with Crippen LogP contribution in [0.1, 0.15) is 44.9 Å². The number of carbonyl (C=O) groups is 2. The second kappa shape index (κ2) is 7.70. The Labute approximate surface area is 166 Å². The van der Waals surface area contributed by atoms with E-state index in [0.717, 1.165) is 36.6 Å². The molecule has 6 heteroatoms. The van der Waals surface area contributed by atoms with E-state index in [2.05, 4.69) is 10.2 Å². The molecule has 3 fully saturated rings. The zero-order valence-corrected chi connectivity index (χ0v) is 16.5. The van der Waals surface area contributed by atoms with Crippen LogP contribution in [0.25, 0.3) is 0 Å². The summed E-state index contributed by atoms with van der Waals surface area (Å²) in [6, 6.07) is 8.08. The summed E-state index contributed by atoms with van der Waals surface area (Å²) >= 11 is 6.09. The average molecular weight is 390 g/mol. The third-order valence-corrected chi connectivity index (χ3v) is 6.51. The fourth-order valence-corrected chi connectivity index (χ4v) is 4.56. The minimum absolute atomic E-state index is 0.0292. The molecular formula is C21H28ClN3O2. The molecule has 27 heavy (non-hydrogen) atoms. The molecule has 2 aliphatic carbocycles. The van der Waals surface area contributed by atoms with E-state index in [1.165, 1.54) is 19.3 Å². The SMILES string of the molecule is O=C(NC1CCCCC1)C1(C(=O)N2CCN(c3cccc(Cl)c3)CC2)CC1. The maximum atomic E-state index is 13.1. The van der Waals surface area contributed by atoms with Crippen LogP contribution in [0, 0.1) is 5.41 Å². The number of benzene rings is 1. The normalized spacial score (nSPS) is 22.4. The van der Waals surface area contributed by atoms with Crippen LogP contribution in [-0.2, 0) is 9.59 Å². The van der Waals surface area contributed by atoms with Gasteiger partial charge in [-0.15, -0.1) is 0 Å². The topological polar surface area (TPSA) is 52.7 Å². The van der Waals surface area contributed by atoms with E-state index in [-0.39, 0.29) is 17.9 Å². The highest BCUT2D eigenvalue weighted by Gasteiger charge is 2.58. The highest BCUT2D eigenvalue weighted by atomic mass is 35.5. The van der Waals surface area contributed by atoms with Crippen LogP contribution in [0.2, 0.25) is 5.02 Å². The molecule has 0 spiro atoms. The Morgan fingerprint density at radius 2 is 1.74 bits per heavy atom. The van der Waals surface area contributed by atoms with Crippen molar-refractivity contribution >= 4 is 29.1 Å². The smallest absolute Gasteiger partial charge is 0.238 e. The molecule has 2 saturated carbocycles. The zero-order chi connectivity index (χ0) is 18.9. The van der Waals surface area contributed by atoms with E-state index < -0.39 is 5.41 Å². The number of amides is 2. The van der Waals surface area contributed by atoms with Crippen LogP contribution in [0.5, 0.6) is 0 Å². The third-order valence-electron chi connectivity index (χ3n) is 6.27. The lowest BCUT2D eigenvalue weighted by atomic mass is 9.94. The van der Waals surface area contributed by atoms with Gasteiger partial charge in [0, 0.05) is 42.9 Å². The Balaban J connectivity index is 1.34. The highest BCUT2D eigenvalue weighted by Crippen LogP contribution is 2.48. The van der Waals surface area contributed by atoms with E-state index in [0.29, 0.717) is 25.9 Å². The number of carbonyl (C=O) groups excluding carboxylic acids is 2. The molecule has 1 aromatic carbocycles. The van der Waals surface area contributed by atoms with Crippen LogP contribution in [-0.4, -0.2) is 48.9 Å². The molecular weight excluding hydrogens is 362 g/mol. The summed E-state index contributed by atoms with van der Waals surface area (Å²) in [6.07, 6.45) is 7.10. The van der Waals surface area contributed by atoms with E-state index >= 15 is 0 Å². The van der Waals surface area contributed by atoms with E-state index in [4.69, 9.17) is 11.6 Å². The number of hydrogen-bond donors (Lipinski definition) is 1. The Bertz CT molecular complexity index is 705. The van der Waals surface area contributed by atoms with Crippen molar-refractivity contribution in [2.45, 2.75) is 51.0 Å². The largest absolute Gasteiger partial charge is 0.368 e. The summed E-state index contributed by atoms with van der Waals surface area (Å²) in [7, 11) is 0. The van der Waals surface area contributed by atoms with Gasteiger partial charge in [0.25, 0.3) is 0 Å². The number of halogens is 1. The number of anilines is 1. The predicted octanol–water partition coefficient (Wildman–Crippen LogP) is 3.22. The molecule has 0 aromatic heterocycles. The lowest BCUT2D eigenvalue weighted by Gasteiger charge is -2.37. The van der Waals surface area contributed by atoms with Gasteiger partial charge in [0.2, 0.25) is 11.8 Å². The van der Waals surface area contributed by atoms with Crippen LogP contribution >= 0.6 is 11.6 Å². The number of nitrogens with zero attached hydrogens (tertiary/aromatic N) is 2. The highest BCUT2D eigenvalue weighted by molar-refractivity contribution is 6.30. The van der Waals surface area contributed by atoms with Crippen molar-refractivity contribution in [3.63, 3.8) is 0 Å². The first-order valence-electron chi connectivity index (χ1n) is 10.2. The van der Waals surface area contributed by atoms with Crippen molar-refractivity contribution in [2.75, 3.05) is 31.1 Å². The summed E-state index contributed by atoms with van der Waals surface area (Å²) in [6.45, 7) is 2.85. The van der Waals surface area contributed by atoms with Gasteiger partial charge >= 0.3 is 0 Å². The van der Waals surface area contributed by atoms with E-state index in [1.807, 2.05) is 29.2 Å². The van der Waals surface area contributed by atoms with Gasteiger partial charge < -0.3 is 15.1 Å². The van der Waals surface area contributed by atoms with Crippen molar-refractivity contribution < 1.29 is 9.59 Å². The fourth-order valence-electron chi connectivity index (χ4n) is 4.38. The lowest BCUT2D eigenvalue weighted by molar-refractivity contribution is -0.144. The van der Waals surface area contributed by atoms with Gasteiger partial charge in [-0.05, 0) is 43.9 Å². The summed E-state index contributed by atoms with van der Waals surface area (Å²) in [5, 5.41) is 3.90. The second-order valence-corrected chi connectivity index (χ2v) is 8.59. The van der Waals surface area contributed by atoms with Crippen LogP contribution in [0.4, 0.5) is 5.69 Å². The monoisotopic (exact) mass is 389 g/mol. The molecule has 1 aromatic rings. The van der Waals surface area contributed by atoms with E-state index in [9.17, 15) is 9.59 Å². The molecule has 0 unspecified atom stereocenters. The van der Waals surface area contributed by atoms with Crippen LogP contribution in [0.15, 0.2) is 24.3 Å². The number of hydrogen-bond acceptors (Lipinski definition) is 3. The summed E-state index contributed by atoms with van der Waals surface area (Å²) in [5.74, 6) is -0.00164. The first-order valence-corrected chi connectivity index (χ1v) is 10.6. The summed E-state index contributed by atoms with van der Waals surface area (Å²) in [4.78, 5) is 30.0. The molecule has 5 nitrogen and oxygen atoms in total. The quantitative estimate of drug-likeness (QED) is 0.804. The van der Waals surface area contributed by atoms with Crippen molar-refractivity contribution in [3.8, 4) is 0 Å². The molecule has 1 saturated heterocycles. The average Bonchev–Trinajstić information content (AvgIpc) is 3.50. The summed E-state index contributed by atoms with van der Waals surface area (Å²) in [5.41, 5.74) is 0.307. The Kier molecular flexibility index (Phi) is 5.31. The van der Waals surface area contributed by atoms with Gasteiger partial charge in [-0.25, -0.2) is 0 Å². The Morgan fingerprint density at radius 1 is 1.04 bits per heavy atom. The minimum Gasteiger partial charge on any atom is -0.368 e. The van der Waals surface area contributed by atoms with Crippen molar-refractivity contribution in [3.05, 3.63) is 29.3 Å². The number of piperazine rings is 1. The Morgan fingerprint density at radius 3 is 2.37 bits per heavy atom. The van der Waals surface area contributed by atoms with E-state index in [1.54, 1.807) is 0 Å². The van der Waals surface area contributed by atoms with Gasteiger partial charge in [0.1, 0.15) is 5.41 Å². The zero-order valence-electron chi connectivity index (χ0n) is 15.8. The number of rotatable bonds is 4. The van der Waals surface area contributed by atoms with Crippen molar-refractivity contribution in [1.82, 2.24) is 10.2 Å². The maximum absolute atomic E-state index is 13.1. The van der Waals surface area contributed by atoms with Gasteiger partial charge in [-0.2, -0.15) is 0 Å². The van der Waals surface area contributed by atoms with Crippen LogP contribution in [0.3, 0.4) is 0 Å². The first-order chi connectivity index (χ1) is 13.1. The second-order valence-electron chi connectivity index (χ2n) is 8.15. The standard InChI is InChI=1S/C21H28ClN3O2/c22-16-5-4-8-18(15-16)24-11-13-25(14-12-24)20(27)21(9-10-21)19(26)23-17-6-2-1-3-7-17/h4-5,8,15,17H,1-3,6-7,9-14H2,(H,23,26). The Hall–Kier alpha value is -1.75. The first kappa shape index (κ1) is 18.6. The predicted molar refractivity (Wildman–Crippen MR) is 107 cm³/mol. The number of nitrogens with one attached hydrogen (secondary N) is 1. The lowest BCUT2D eigenvalue weighted by Crippen LogP contribution is -2.54. The molecule has 3 aliphatic rings. The molecule has 0 atom stereocenters. The van der Waals surface area contributed by atoms with Crippen LogP contribution < -0.4 is 10.2 Å². The molecule has 0 bridgehead atoms. The summed E-state index contributed by atoms with van der Waals surface area (Å²) < 4.78 is 0. The third kappa shape index (κ3) is 3.93. The maximum Gasteiger partial charge on any atom is 0.238 e. The fraction of sp³-hybridized carbons (Fsp3) is 0.619. The molecule has 0 radical (unpaired) electrons. The van der Waals surface area contributed by atoms with Gasteiger partial charge in [-0.3, -0.25) is 9.59 Å². The van der Waals surface area contributed by atoms with Gasteiger partial charge in [0.05, 0.1) is 0 Å². The molecule has 146 valence electrons. The van der Waals surface area contributed by atoms with Gasteiger partial charge in [-0.1, -0.05) is 36.9 Å². The molecule has 1 heterocycles.